The largest absolute Gasteiger partial charge is 0.416 e. The van der Waals surface area contributed by atoms with E-state index in [1.54, 1.807) is 0 Å². The van der Waals surface area contributed by atoms with Gasteiger partial charge in [-0.1, -0.05) is 38.1 Å². The highest BCUT2D eigenvalue weighted by atomic mass is 19.4. The van der Waals surface area contributed by atoms with Crippen LogP contribution in [0.1, 0.15) is 53.8 Å². The molecule has 3 nitrogen and oxygen atoms in total. The smallest absolute Gasteiger partial charge is 0.392 e. The summed E-state index contributed by atoms with van der Waals surface area (Å²) in [6.07, 6.45) is -5.94. The van der Waals surface area contributed by atoms with Gasteiger partial charge < -0.3 is 10.2 Å². The van der Waals surface area contributed by atoms with E-state index in [0.29, 0.717) is 33.6 Å². The number of benzene rings is 3. The zero-order valence-corrected chi connectivity index (χ0v) is 20.0. The third kappa shape index (κ3) is 5.40. The molecular formula is C29H24F5NO2. The van der Waals surface area contributed by atoms with Gasteiger partial charge in [0.1, 0.15) is 17.7 Å². The zero-order valence-electron chi connectivity index (χ0n) is 20.0. The molecule has 1 aromatic heterocycles. The summed E-state index contributed by atoms with van der Waals surface area (Å²) in [5, 5.41) is 22.0. The molecular weight excluding hydrogens is 489 g/mol. The standard InChI is InChI=1S/C29H24F5NO2/c1-16(2)26-25(28(37)19-3-9-20(10-4-19)29(32,33)34)24(17-5-11-21(30)12-6-17)23(15-36)27(35-26)18-7-13-22(31)14-8-18/h3-14,16,28,36-37H,15H2,1-2H3. The fourth-order valence-electron chi connectivity index (χ4n) is 4.34. The quantitative estimate of drug-likeness (QED) is 0.264. The number of hydrogen-bond acceptors (Lipinski definition) is 3. The van der Waals surface area contributed by atoms with Crippen molar-refractivity contribution in [3.05, 3.63) is 112 Å². The molecule has 0 bridgehead atoms. The van der Waals surface area contributed by atoms with Crippen molar-refractivity contribution in [3.63, 3.8) is 0 Å². The minimum absolute atomic E-state index is 0.193. The lowest BCUT2D eigenvalue weighted by atomic mass is 9.84. The lowest BCUT2D eigenvalue weighted by Crippen LogP contribution is -2.14. The SMILES string of the molecule is CC(C)c1nc(-c2ccc(F)cc2)c(CO)c(-c2ccc(F)cc2)c1C(O)c1ccc(C(F)(F)F)cc1. The third-order valence-corrected chi connectivity index (χ3v) is 6.15. The van der Waals surface area contributed by atoms with Gasteiger partial charge in [0.05, 0.1) is 23.6 Å². The lowest BCUT2D eigenvalue weighted by Gasteiger charge is -2.26. The van der Waals surface area contributed by atoms with E-state index in [1.807, 2.05) is 13.8 Å². The first kappa shape index (κ1) is 26.4. The van der Waals surface area contributed by atoms with E-state index in [2.05, 4.69) is 0 Å². The first-order valence-electron chi connectivity index (χ1n) is 11.6. The van der Waals surface area contributed by atoms with Gasteiger partial charge in [-0.05, 0) is 71.1 Å². The van der Waals surface area contributed by atoms with E-state index in [9.17, 15) is 32.2 Å². The maximum Gasteiger partial charge on any atom is 0.416 e. The van der Waals surface area contributed by atoms with Crippen LogP contribution in [0.3, 0.4) is 0 Å². The van der Waals surface area contributed by atoms with E-state index < -0.39 is 36.1 Å². The average Bonchev–Trinajstić information content (AvgIpc) is 2.87. The Labute approximate surface area is 210 Å². The molecule has 8 heteroatoms. The monoisotopic (exact) mass is 513 g/mol. The Balaban J connectivity index is 2.03. The number of aliphatic hydroxyl groups is 2. The van der Waals surface area contributed by atoms with Crippen molar-refractivity contribution in [2.45, 2.75) is 38.7 Å². The summed E-state index contributed by atoms with van der Waals surface area (Å²) in [5.41, 5.74) is 2.10. The van der Waals surface area contributed by atoms with Crippen LogP contribution in [0.4, 0.5) is 22.0 Å². The van der Waals surface area contributed by atoms with Crippen LogP contribution < -0.4 is 0 Å². The van der Waals surface area contributed by atoms with Gasteiger partial charge in [0, 0.05) is 16.7 Å². The summed E-state index contributed by atoms with van der Waals surface area (Å²) < 4.78 is 66.7. The van der Waals surface area contributed by atoms with Crippen molar-refractivity contribution in [3.8, 4) is 22.4 Å². The molecule has 0 spiro atoms. The van der Waals surface area contributed by atoms with E-state index in [1.165, 1.54) is 60.7 Å². The second-order valence-electron chi connectivity index (χ2n) is 8.96. The average molecular weight is 514 g/mol. The van der Waals surface area contributed by atoms with Crippen molar-refractivity contribution >= 4 is 0 Å². The molecule has 192 valence electrons. The van der Waals surface area contributed by atoms with Crippen molar-refractivity contribution in [1.82, 2.24) is 4.98 Å². The van der Waals surface area contributed by atoms with Crippen LogP contribution in [0, 0.1) is 11.6 Å². The molecule has 0 aliphatic heterocycles. The van der Waals surface area contributed by atoms with Gasteiger partial charge in [0.25, 0.3) is 0 Å². The van der Waals surface area contributed by atoms with Gasteiger partial charge in [-0.25, -0.2) is 8.78 Å². The van der Waals surface area contributed by atoms with Crippen LogP contribution >= 0.6 is 0 Å². The first-order chi connectivity index (χ1) is 17.5. The van der Waals surface area contributed by atoms with E-state index in [0.717, 1.165) is 12.1 Å². The molecule has 0 amide bonds. The topological polar surface area (TPSA) is 53.4 Å². The number of pyridine rings is 1. The fourth-order valence-corrected chi connectivity index (χ4v) is 4.34. The Hall–Kier alpha value is -3.62. The fraction of sp³-hybridized carbons (Fsp3) is 0.207. The molecule has 1 atom stereocenters. The molecule has 0 aliphatic carbocycles. The van der Waals surface area contributed by atoms with E-state index in [-0.39, 0.29) is 17.0 Å². The molecule has 0 saturated heterocycles. The number of nitrogens with zero attached hydrogens (tertiary/aromatic N) is 1. The van der Waals surface area contributed by atoms with Crippen molar-refractivity contribution < 1.29 is 32.2 Å². The summed E-state index contributed by atoms with van der Waals surface area (Å²) in [7, 11) is 0. The highest BCUT2D eigenvalue weighted by Gasteiger charge is 2.32. The van der Waals surface area contributed by atoms with Crippen molar-refractivity contribution in [2.75, 3.05) is 0 Å². The van der Waals surface area contributed by atoms with Crippen LogP contribution in [-0.2, 0) is 12.8 Å². The molecule has 4 aromatic rings. The van der Waals surface area contributed by atoms with E-state index in [4.69, 9.17) is 4.98 Å². The number of alkyl halides is 3. The minimum atomic E-state index is -4.53. The third-order valence-electron chi connectivity index (χ3n) is 6.15. The molecule has 0 saturated carbocycles. The van der Waals surface area contributed by atoms with Crippen LogP contribution in [0.25, 0.3) is 22.4 Å². The Kier molecular flexibility index (Phi) is 7.43. The van der Waals surface area contributed by atoms with E-state index >= 15 is 0 Å². The maximum atomic E-state index is 13.8. The number of halogens is 5. The van der Waals surface area contributed by atoms with Crippen LogP contribution in [0.2, 0.25) is 0 Å². The zero-order chi connectivity index (χ0) is 26.9. The summed E-state index contributed by atoms with van der Waals surface area (Å²) in [4.78, 5) is 4.75. The number of aromatic nitrogens is 1. The highest BCUT2D eigenvalue weighted by molar-refractivity contribution is 5.80. The van der Waals surface area contributed by atoms with Crippen LogP contribution in [0.15, 0.2) is 72.8 Å². The van der Waals surface area contributed by atoms with Gasteiger partial charge in [-0.2, -0.15) is 13.2 Å². The second kappa shape index (κ2) is 10.4. The summed E-state index contributed by atoms with van der Waals surface area (Å²) in [6.45, 7) is 3.16. The Morgan fingerprint density at radius 2 is 1.30 bits per heavy atom. The minimum Gasteiger partial charge on any atom is -0.392 e. The van der Waals surface area contributed by atoms with Crippen LogP contribution in [-0.4, -0.2) is 15.2 Å². The maximum absolute atomic E-state index is 13.8. The van der Waals surface area contributed by atoms with Crippen LogP contribution in [0.5, 0.6) is 0 Å². The van der Waals surface area contributed by atoms with Crippen molar-refractivity contribution in [1.29, 1.82) is 0 Å². The molecule has 1 unspecified atom stereocenters. The Bertz CT molecular complexity index is 1380. The Morgan fingerprint density at radius 1 is 0.784 bits per heavy atom. The molecule has 2 N–H and O–H groups in total. The summed E-state index contributed by atoms with van der Waals surface area (Å²) in [6, 6.07) is 15.2. The van der Waals surface area contributed by atoms with Gasteiger partial charge in [-0.15, -0.1) is 0 Å². The second-order valence-corrected chi connectivity index (χ2v) is 8.96. The molecule has 37 heavy (non-hydrogen) atoms. The molecule has 0 aliphatic rings. The number of hydrogen-bond donors (Lipinski definition) is 2. The summed E-state index contributed by atoms with van der Waals surface area (Å²) >= 11 is 0. The molecule has 4 rings (SSSR count). The predicted molar refractivity (Wildman–Crippen MR) is 131 cm³/mol. The first-order valence-corrected chi connectivity index (χ1v) is 11.6. The van der Waals surface area contributed by atoms with Crippen molar-refractivity contribution in [2.24, 2.45) is 0 Å². The normalized spacial score (nSPS) is 12.7. The molecule has 3 aromatic carbocycles. The van der Waals surface area contributed by atoms with Gasteiger partial charge in [0.15, 0.2) is 0 Å². The Morgan fingerprint density at radius 3 is 1.76 bits per heavy atom. The number of rotatable bonds is 6. The van der Waals surface area contributed by atoms with Gasteiger partial charge >= 0.3 is 6.18 Å². The molecule has 0 radical (unpaired) electrons. The summed E-state index contributed by atoms with van der Waals surface area (Å²) in [5.74, 6) is -1.20. The molecule has 0 fully saturated rings. The molecule has 1 heterocycles. The van der Waals surface area contributed by atoms with Gasteiger partial charge in [-0.3, -0.25) is 4.98 Å². The lowest BCUT2D eigenvalue weighted by molar-refractivity contribution is -0.137. The number of aliphatic hydroxyl groups excluding tert-OH is 2. The van der Waals surface area contributed by atoms with Gasteiger partial charge in [0.2, 0.25) is 0 Å². The highest BCUT2D eigenvalue weighted by Crippen LogP contribution is 2.43. The predicted octanol–water partition coefficient (Wildman–Crippen LogP) is 7.41.